The van der Waals surface area contributed by atoms with Crippen LogP contribution in [0.15, 0.2) is 53.4 Å². The highest BCUT2D eigenvalue weighted by Gasteiger charge is 2.20. The summed E-state index contributed by atoms with van der Waals surface area (Å²) < 4.78 is 29.0. The molecule has 0 saturated carbocycles. The maximum Gasteiger partial charge on any atom is 0.341 e. The Hall–Kier alpha value is -1.72. The maximum absolute atomic E-state index is 12.0. The van der Waals surface area contributed by atoms with Crippen molar-refractivity contribution in [3.8, 4) is 5.75 Å². The van der Waals surface area contributed by atoms with Crippen LogP contribution >= 0.6 is 11.6 Å². The van der Waals surface area contributed by atoms with Crippen LogP contribution in [0.2, 0.25) is 5.02 Å². The van der Waals surface area contributed by atoms with Crippen LogP contribution in [0.4, 0.5) is 5.69 Å². The Balaban J connectivity index is 2.40. The lowest BCUT2D eigenvalue weighted by molar-refractivity contribution is 0.486. The summed E-state index contributed by atoms with van der Waals surface area (Å²) in [5.74, 6) is 0.0717. The van der Waals surface area contributed by atoms with Crippen molar-refractivity contribution in [1.82, 2.24) is 0 Å². The fourth-order valence-electron chi connectivity index (χ4n) is 1.38. The van der Waals surface area contributed by atoms with Gasteiger partial charge in [-0.2, -0.15) is 8.42 Å². The molecule has 0 aliphatic carbocycles. The number of hydrogen-bond donors (Lipinski definition) is 1. The fraction of sp³-hybridized carbons (Fsp3) is 0. The summed E-state index contributed by atoms with van der Waals surface area (Å²) in [5.41, 5.74) is 5.74. The molecule has 18 heavy (non-hydrogen) atoms. The minimum absolute atomic E-state index is 0.0717. The number of para-hydroxylation sites is 2. The van der Waals surface area contributed by atoms with Gasteiger partial charge < -0.3 is 9.92 Å². The molecule has 0 radical (unpaired) electrons. The van der Waals surface area contributed by atoms with Gasteiger partial charge in [0.2, 0.25) is 0 Å². The molecule has 0 spiro atoms. The lowest BCUT2D eigenvalue weighted by Crippen LogP contribution is -2.12. The van der Waals surface area contributed by atoms with E-state index in [1.807, 2.05) is 0 Å². The molecule has 2 aromatic carbocycles. The van der Waals surface area contributed by atoms with Crippen molar-refractivity contribution < 1.29 is 12.6 Å². The van der Waals surface area contributed by atoms with Gasteiger partial charge in [-0.25, -0.2) is 0 Å². The second kappa shape index (κ2) is 4.88. The van der Waals surface area contributed by atoms with Crippen molar-refractivity contribution in [1.29, 1.82) is 0 Å². The summed E-state index contributed by atoms with van der Waals surface area (Å²) in [6, 6.07) is 12.4. The molecule has 6 heteroatoms. The molecule has 0 aliphatic heterocycles. The first-order chi connectivity index (χ1) is 8.50. The molecule has 0 aliphatic rings. The van der Waals surface area contributed by atoms with Gasteiger partial charge in [-0.05, 0) is 24.3 Å². The largest absolute Gasteiger partial charge is 0.398 e. The van der Waals surface area contributed by atoms with E-state index < -0.39 is 10.1 Å². The van der Waals surface area contributed by atoms with E-state index in [-0.39, 0.29) is 21.4 Å². The zero-order valence-corrected chi connectivity index (χ0v) is 10.8. The Morgan fingerprint density at radius 1 is 1.00 bits per heavy atom. The topological polar surface area (TPSA) is 69.4 Å². The Morgan fingerprint density at radius 2 is 1.61 bits per heavy atom. The zero-order valence-electron chi connectivity index (χ0n) is 9.21. The van der Waals surface area contributed by atoms with Gasteiger partial charge in [0.25, 0.3) is 0 Å². The normalized spacial score (nSPS) is 11.2. The SMILES string of the molecule is Nc1ccccc1S(=O)(=O)Oc1ccccc1Cl. The van der Waals surface area contributed by atoms with E-state index in [0.29, 0.717) is 0 Å². The Labute approximate surface area is 110 Å². The molecule has 0 amide bonds. The number of benzene rings is 2. The van der Waals surface area contributed by atoms with Crippen molar-refractivity contribution in [2.75, 3.05) is 5.73 Å². The summed E-state index contributed by atoms with van der Waals surface area (Å²) >= 11 is 5.84. The van der Waals surface area contributed by atoms with Crippen molar-refractivity contribution in [2.24, 2.45) is 0 Å². The molecule has 0 saturated heterocycles. The van der Waals surface area contributed by atoms with Gasteiger partial charge in [0, 0.05) is 0 Å². The molecule has 2 N–H and O–H groups in total. The molecule has 2 rings (SSSR count). The van der Waals surface area contributed by atoms with Gasteiger partial charge in [0.15, 0.2) is 5.75 Å². The van der Waals surface area contributed by atoms with Crippen LogP contribution in [0.5, 0.6) is 5.75 Å². The third kappa shape index (κ3) is 2.57. The summed E-state index contributed by atoms with van der Waals surface area (Å²) in [6.45, 7) is 0. The van der Waals surface area contributed by atoms with E-state index in [4.69, 9.17) is 21.5 Å². The number of hydrogen-bond acceptors (Lipinski definition) is 4. The smallest absolute Gasteiger partial charge is 0.341 e. The quantitative estimate of drug-likeness (QED) is 0.694. The average Bonchev–Trinajstić information content (AvgIpc) is 2.32. The third-order valence-corrected chi connectivity index (χ3v) is 3.85. The lowest BCUT2D eigenvalue weighted by atomic mass is 10.3. The number of halogens is 1. The standard InChI is InChI=1S/C12H10ClNO3S/c13-9-5-1-3-7-11(9)17-18(15,16)12-8-4-2-6-10(12)14/h1-8H,14H2. The molecule has 0 fully saturated rings. The van der Waals surface area contributed by atoms with Crippen molar-refractivity contribution in [3.05, 3.63) is 53.6 Å². The van der Waals surface area contributed by atoms with E-state index in [2.05, 4.69) is 0 Å². The van der Waals surface area contributed by atoms with E-state index in [1.165, 1.54) is 18.2 Å². The Kier molecular flexibility index (Phi) is 3.45. The molecule has 4 nitrogen and oxygen atoms in total. The first kappa shape index (κ1) is 12.7. The molecular weight excluding hydrogens is 274 g/mol. The van der Waals surface area contributed by atoms with Crippen LogP contribution in [0.3, 0.4) is 0 Å². The van der Waals surface area contributed by atoms with Gasteiger partial charge in [0.05, 0.1) is 10.7 Å². The minimum Gasteiger partial charge on any atom is -0.398 e. The van der Waals surface area contributed by atoms with Gasteiger partial charge in [-0.15, -0.1) is 0 Å². The first-order valence-corrected chi connectivity index (χ1v) is 6.83. The number of anilines is 1. The van der Waals surface area contributed by atoms with Crippen LogP contribution in [-0.4, -0.2) is 8.42 Å². The first-order valence-electron chi connectivity index (χ1n) is 5.04. The molecule has 94 valence electrons. The second-order valence-corrected chi connectivity index (χ2v) is 5.43. The molecule has 2 aromatic rings. The van der Waals surface area contributed by atoms with Crippen molar-refractivity contribution in [2.45, 2.75) is 4.90 Å². The van der Waals surface area contributed by atoms with Crippen LogP contribution in [0.1, 0.15) is 0 Å². The van der Waals surface area contributed by atoms with Crippen molar-refractivity contribution >= 4 is 27.4 Å². The van der Waals surface area contributed by atoms with Crippen LogP contribution < -0.4 is 9.92 Å². The predicted octanol–water partition coefficient (Wildman–Crippen LogP) is 2.69. The summed E-state index contributed by atoms with van der Waals surface area (Å²) in [4.78, 5) is -0.0788. The van der Waals surface area contributed by atoms with E-state index in [0.717, 1.165) is 0 Å². The lowest BCUT2D eigenvalue weighted by Gasteiger charge is -2.09. The van der Waals surface area contributed by atoms with Crippen LogP contribution in [0, 0.1) is 0 Å². The Morgan fingerprint density at radius 3 is 2.28 bits per heavy atom. The van der Waals surface area contributed by atoms with Gasteiger partial charge in [-0.3, -0.25) is 0 Å². The second-order valence-electron chi connectivity index (χ2n) is 3.51. The number of nitrogens with two attached hydrogens (primary N) is 1. The van der Waals surface area contributed by atoms with E-state index in [9.17, 15) is 8.42 Å². The van der Waals surface area contributed by atoms with E-state index >= 15 is 0 Å². The van der Waals surface area contributed by atoms with Gasteiger partial charge in [-0.1, -0.05) is 35.9 Å². The molecule has 0 bridgehead atoms. The molecule has 0 atom stereocenters. The highest BCUT2D eigenvalue weighted by molar-refractivity contribution is 7.87. The molecule has 0 heterocycles. The monoisotopic (exact) mass is 283 g/mol. The molecule has 0 unspecified atom stereocenters. The van der Waals surface area contributed by atoms with Crippen LogP contribution in [0.25, 0.3) is 0 Å². The Bertz CT molecular complexity index is 671. The number of nitrogen functional groups attached to an aromatic ring is 1. The van der Waals surface area contributed by atoms with E-state index in [1.54, 1.807) is 30.3 Å². The zero-order chi connectivity index (χ0) is 13.2. The average molecular weight is 284 g/mol. The summed E-state index contributed by atoms with van der Waals surface area (Å²) in [6.07, 6.45) is 0. The van der Waals surface area contributed by atoms with Gasteiger partial charge >= 0.3 is 10.1 Å². The molecule has 0 aromatic heterocycles. The predicted molar refractivity (Wildman–Crippen MR) is 70.1 cm³/mol. The fourth-order valence-corrected chi connectivity index (χ4v) is 2.68. The van der Waals surface area contributed by atoms with Crippen LogP contribution in [-0.2, 0) is 10.1 Å². The summed E-state index contributed by atoms with van der Waals surface area (Å²) in [5, 5.41) is 0.218. The highest BCUT2D eigenvalue weighted by atomic mass is 35.5. The van der Waals surface area contributed by atoms with Crippen molar-refractivity contribution in [3.63, 3.8) is 0 Å². The molecular formula is C12H10ClNO3S. The highest BCUT2D eigenvalue weighted by Crippen LogP contribution is 2.28. The third-order valence-electron chi connectivity index (χ3n) is 2.22. The minimum atomic E-state index is -3.98. The van der Waals surface area contributed by atoms with Gasteiger partial charge in [0.1, 0.15) is 4.90 Å². The maximum atomic E-state index is 12.0. The number of rotatable bonds is 3. The summed E-state index contributed by atoms with van der Waals surface area (Å²) in [7, 11) is -3.98.